The van der Waals surface area contributed by atoms with Crippen molar-refractivity contribution in [2.75, 3.05) is 5.32 Å². The van der Waals surface area contributed by atoms with Crippen molar-refractivity contribution in [1.29, 1.82) is 0 Å². The van der Waals surface area contributed by atoms with Gasteiger partial charge < -0.3 is 20.8 Å². The molecule has 19 heavy (non-hydrogen) atoms. The van der Waals surface area contributed by atoms with E-state index in [2.05, 4.69) is 10.6 Å². The number of carbonyl (C=O) groups is 3. The quantitative estimate of drug-likeness (QED) is 0.618. The van der Waals surface area contributed by atoms with Crippen molar-refractivity contribution in [2.45, 2.75) is 19.4 Å². The van der Waals surface area contributed by atoms with Gasteiger partial charge in [-0.2, -0.15) is 0 Å². The molecule has 0 saturated carbocycles. The summed E-state index contributed by atoms with van der Waals surface area (Å²) in [5.74, 6) is -1.40. The van der Waals surface area contributed by atoms with E-state index in [1.807, 2.05) is 0 Å². The molecule has 0 spiro atoms. The number of benzene rings is 1. The zero-order valence-electron chi connectivity index (χ0n) is 10.0. The third-order valence-corrected chi connectivity index (χ3v) is 2.25. The third-order valence-electron chi connectivity index (χ3n) is 2.25. The average molecular weight is 266 g/mol. The molecule has 1 aromatic carbocycles. The molecule has 1 rings (SSSR count). The molecular formula is C12H14N2O5. The first-order valence-corrected chi connectivity index (χ1v) is 5.55. The summed E-state index contributed by atoms with van der Waals surface area (Å²) in [5, 5.41) is 21.6. The molecule has 0 aliphatic heterocycles. The summed E-state index contributed by atoms with van der Waals surface area (Å²) in [6.07, 6.45) is -1.41. The number of amides is 2. The maximum atomic E-state index is 11.4. The van der Waals surface area contributed by atoms with Gasteiger partial charge in [0, 0.05) is 18.7 Å². The molecule has 0 fully saturated rings. The van der Waals surface area contributed by atoms with Gasteiger partial charge >= 0.3 is 12.1 Å². The minimum absolute atomic E-state index is 0.0857. The first-order chi connectivity index (χ1) is 8.97. The number of anilines is 1. The highest BCUT2D eigenvalue weighted by Crippen LogP contribution is 2.10. The van der Waals surface area contributed by atoms with Gasteiger partial charge in [-0.15, -0.1) is 0 Å². The van der Waals surface area contributed by atoms with E-state index in [1.165, 1.54) is 0 Å². The number of hydrogen-bond donors (Lipinski definition) is 4. The van der Waals surface area contributed by atoms with E-state index in [9.17, 15) is 14.4 Å². The van der Waals surface area contributed by atoms with E-state index in [4.69, 9.17) is 10.2 Å². The third kappa shape index (κ3) is 6.06. The zero-order chi connectivity index (χ0) is 14.3. The van der Waals surface area contributed by atoms with Crippen molar-refractivity contribution in [3.8, 4) is 0 Å². The lowest BCUT2D eigenvalue weighted by atomic mass is 10.2. The van der Waals surface area contributed by atoms with Crippen LogP contribution in [0.4, 0.5) is 10.5 Å². The summed E-state index contributed by atoms with van der Waals surface area (Å²) < 4.78 is 0. The largest absolute Gasteiger partial charge is 0.481 e. The van der Waals surface area contributed by atoms with Gasteiger partial charge in [-0.05, 0) is 17.7 Å². The maximum absolute atomic E-state index is 11.4. The van der Waals surface area contributed by atoms with Crippen LogP contribution < -0.4 is 10.6 Å². The van der Waals surface area contributed by atoms with Gasteiger partial charge in [0.25, 0.3) is 0 Å². The Morgan fingerprint density at radius 2 is 1.63 bits per heavy atom. The first kappa shape index (κ1) is 14.5. The highest BCUT2D eigenvalue weighted by atomic mass is 16.4. The molecule has 0 aromatic heterocycles. The standard InChI is InChI=1S/C12H14N2O5/c15-10(5-6-11(16)17)14-9-3-1-8(2-4-9)7-13-12(18)19/h1-4,13H,5-7H2,(H,14,15)(H,16,17)(H,18,19). The van der Waals surface area contributed by atoms with Gasteiger partial charge in [0.2, 0.25) is 5.91 Å². The van der Waals surface area contributed by atoms with E-state index in [1.54, 1.807) is 24.3 Å². The lowest BCUT2D eigenvalue weighted by molar-refractivity contribution is -0.138. The molecule has 0 aliphatic rings. The zero-order valence-corrected chi connectivity index (χ0v) is 10.0. The average Bonchev–Trinajstić information content (AvgIpc) is 2.35. The molecule has 1 aromatic rings. The molecule has 0 heterocycles. The van der Waals surface area contributed by atoms with Gasteiger partial charge in [0.15, 0.2) is 0 Å². The number of carboxylic acids is 1. The molecule has 0 bridgehead atoms. The Labute approximate surface area is 109 Å². The number of rotatable bonds is 6. The fourth-order valence-corrected chi connectivity index (χ4v) is 1.33. The minimum Gasteiger partial charge on any atom is -0.481 e. The lowest BCUT2D eigenvalue weighted by Crippen LogP contribution is -2.19. The number of hydrogen-bond acceptors (Lipinski definition) is 3. The molecule has 7 heteroatoms. The lowest BCUT2D eigenvalue weighted by Gasteiger charge is -2.06. The Morgan fingerprint density at radius 1 is 1.00 bits per heavy atom. The van der Waals surface area contributed by atoms with Gasteiger partial charge in [-0.3, -0.25) is 9.59 Å². The van der Waals surface area contributed by atoms with Crippen molar-refractivity contribution in [3.63, 3.8) is 0 Å². The second-order valence-electron chi connectivity index (χ2n) is 3.80. The Hall–Kier alpha value is -2.57. The van der Waals surface area contributed by atoms with Gasteiger partial charge in [-0.25, -0.2) is 4.79 Å². The van der Waals surface area contributed by atoms with Crippen LogP contribution in [0.1, 0.15) is 18.4 Å². The van der Waals surface area contributed by atoms with Crippen molar-refractivity contribution < 1.29 is 24.6 Å². The highest BCUT2D eigenvalue weighted by molar-refractivity contribution is 5.92. The SMILES string of the molecule is O=C(O)CCC(=O)Nc1ccc(CNC(=O)O)cc1. The van der Waals surface area contributed by atoms with E-state index in [0.717, 1.165) is 5.56 Å². The summed E-state index contributed by atoms with van der Waals surface area (Å²) in [5.41, 5.74) is 1.29. The van der Waals surface area contributed by atoms with Crippen LogP contribution in [0.2, 0.25) is 0 Å². The van der Waals surface area contributed by atoms with Crippen LogP contribution in [0.25, 0.3) is 0 Å². The Bertz CT molecular complexity index is 470. The van der Waals surface area contributed by atoms with Gasteiger partial charge in [-0.1, -0.05) is 12.1 Å². The molecule has 0 atom stereocenters. The Kier molecular flexibility index (Phi) is 5.34. The van der Waals surface area contributed by atoms with E-state index in [-0.39, 0.29) is 25.3 Å². The smallest absolute Gasteiger partial charge is 0.404 e. The normalized spacial score (nSPS) is 9.68. The molecule has 102 valence electrons. The fraction of sp³-hybridized carbons (Fsp3) is 0.250. The summed E-state index contributed by atoms with van der Waals surface area (Å²) in [4.78, 5) is 31.9. The summed E-state index contributed by atoms with van der Waals surface area (Å²) in [6.45, 7) is 0.183. The van der Waals surface area contributed by atoms with Crippen LogP contribution in [0.15, 0.2) is 24.3 Å². The second kappa shape index (κ2) is 7.00. The molecule has 0 aliphatic carbocycles. The van der Waals surface area contributed by atoms with Crippen LogP contribution in [0.3, 0.4) is 0 Å². The molecule has 2 amide bonds. The Morgan fingerprint density at radius 3 is 2.16 bits per heavy atom. The van der Waals surface area contributed by atoms with Crippen LogP contribution in [0.5, 0.6) is 0 Å². The van der Waals surface area contributed by atoms with Crippen molar-refractivity contribution >= 4 is 23.7 Å². The van der Waals surface area contributed by atoms with Crippen LogP contribution in [-0.2, 0) is 16.1 Å². The van der Waals surface area contributed by atoms with E-state index in [0.29, 0.717) is 5.69 Å². The molecule has 0 radical (unpaired) electrons. The number of nitrogens with one attached hydrogen (secondary N) is 2. The minimum atomic E-state index is -1.11. The highest BCUT2D eigenvalue weighted by Gasteiger charge is 2.05. The topological polar surface area (TPSA) is 116 Å². The molecule has 4 N–H and O–H groups in total. The predicted octanol–water partition coefficient (Wildman–Crippen LogP) is 1.26. The van der Waals surface area contributed by atoms with E-state index < -0.39 is 12.1 Å². The summed E-state index contributed by atoms with van der Waals surface area (Å²) in [6, 6.07) is 6.58. The van der Waals surface area contributed by atoms with E-state index >= 15 is 0 Å². The number of carboxylic acid groups (broad SMARTS) is 2. The summed E-state index contributed by atoms with van der Waals surface area (Å²) in [7, 11) is 0. The van der Waals surface area contributed by atoms with Crippen LogP contribution in [-0.4, -0.2) is 28.2 Å². The molecule has 0 unspecified atom stereocenters. The predicted molar refractivity (Wildman–Crippen MR) is 66.8 cm³/mol. The first-order valence-electron chi connectivity index (χ1n) is 5.55. The van der Waals surface area contributed by atoms with Gasteiger partial charge in [0.05, 0.1) is 6.42 Å². The maximum Gasteiger partial charge on any atom is 0.404 e. The van der Waals surface area contributed by atoms with Crippen molar-refractivity contribution in [2.24, 2.45) is 0 Å². The number of carbonyl (C=O) groups excluding carboxylic acids is 1. The van der Waals surface area contributed by atoms with Crippen molar-refractivity contribution in [1.82, 2.24) is 5.32 Å². The monoisotopic (exact) mass is 266 g/mol. The summed E-state index contributed by atoms with van der Waals surface area (Å²) >= 11 is 0. The fourth-order valence-electron chi connectivity index (χ4n) is 1.33. The second-order valence-corrected chi connectivity index (χ2v) is 3.80. The Balaban J connectivity index is 2.45. The number of aliphatic carboxylic acids is 1. The molecule has 0 saturated heterocycles. The van der Waals surface area contributed by atoms with Crippen molar-refractivity contribution in [3.05, 3.63) is 29.8 Å². The van der Waals surface area contributed by atoms with Gasteiger partial charge in [0.1, 0.15) is 0 Å². The molecular weight excluding hydrogens is 252 g/mol. The molecule has 7 nitrogen and oxygen atoms in total. The van der Waals surface area contributed by atoms with Crippen LogP contribution in [0, 0.1) is 0 Å². The van der Waals surface area contributed by atoms with Crippen LogP contribution >= 0.6 is 0 Å².